The number of thioether (sulfide) groups is 1. The first-order valence-corrected chi connectivity index (χ1v) is 11.2. The molecule has 0 saturated heterocycles. The summed E-state index contributed by atoms with van der Waals surface area (Å²) in [6, 6.07) is 11.3. The van der Waals surface area contributed by atoms with Crippen LogP contribution >= 0.6 is 24.0 Å². The van der Waals surface area contributed by atoms with E-state index in [1.165, 1.54) is 12.2 Å². The van der Waals surface area contributed by atoms with Crippen LogP contribution in [0.3, 0.4) is 0 Å². The number of pyridine rings is 1. The smallest absolute Gasteiger partial charge is 0.262 e. The Morgan fingerprint density at radius 1 is 1.27 bits per heavy atom. The van der Waals surface area contributed by atoms with Crippen molar-refractivity contribution < 1.29 is 8.98 Å². The number of benzene rings is 1. The Morgan fingerprint density at radius 3 is 2.80 bits per heavy atom. The third-order valence-electron chi connectivity index (χ3n) is 4.41. The lowest BCUT2D eigenvalue weighted by molar-refractivity contribution is 0.0988. The molecule has 30 heavy (non-hydrogen) atoms. The summed E-state index contributed by atoms with van der Waals surface area (Å²) in [6.07, 6.45) is 6.27. The lowest BCUT2D eigenvalue weighted by Crippen LogP contribution is -2.29. The molecule has 0 radical (unpaired) electrons. The summed E-state index contributed by atoms with van der Waals surface area (Å²) in [7, 11) is 3.77. The van der Waals surface area contributed by atoms with E-state index in [1.54, 1.807) is 28.8 Å². The summed E-state index contributed by atoms with van der Waals surface area (Å²) in [5.74, 6) is 1.26. The van der Waals surface area contributed by atoms with Crippen molar-refractivity contribution in [2.24, 2.45) is 0 Å². The summed E-state index contributed by atoms with van der Waals surface area (Å²) >= 11 is 2.84. The maximum absolute atomic E-state index is 13.2. The molecule has 0 spiro atoms. The second-order valence-electron chi connectivity index (χ2n) is 6.76. The van der Waals surface area contributed by atoms with E-state index in [-0.39, 0.29) is 5.91 Å². The van der Waals surface area contributed by atoms with Gasteiger partial charge in [-0.2, -0.15) is 0 Å². The van der Waals surface area contributed by atoms with Gasteiger partial charge in [0.25, 0.3) is 5.91 Å². The van der Waals surface area contributed by atoms with Crippen molar-refractivity contribution in [2.45, 2.75) is 11.4 Å². The molecule has 0 N–H and O–H groups in total. The number of nitrogens with zero attached hydrogens (tertiary/aromatic N) is 3. The molecular weight excluding hydrogens is 414 g/mol. The van der Waals surface area contributed by atoms with Gasteiger partial charge in [-0.25, -0.2) is 9.29 Å². The zero-order valence-electron chi connectivity index (χ0n) is 17.2. The van der Waals surface area contributed by atoms with E-state index < -0.39 is 0 Å². The van der Waals surface area contributed by atoms with Gasteiger partial charge in [0.2, 0.25) is 0 Å². The molecule has 7 heteroatoms. The average molecular weight is 440 g/mol. The van der Waals surface area contributed by atoms with Gasteiger partial charge in [-0.05, 0) is 29.8 Å². The van der Waals surface area contributed by atoms with E-state index in [0.717, 1.165) is 34.2 Å². The van der Waals surface area contributed by atoms with Crippen molar-refractivity contribution in [1.82, 2.24) is 9.29 Å². The average Bonchev–Trinajstić information content (AvgIpc) is 3.18. The molecule has 0 aliphatic carbocycles. The molecule has 1 aliphatic rings. The van der Waals surface area contributed by atoms with E-state index in [9.17, 15) is 4.79 Å². The number of aromatic nitrogens is 1. The maximum Gasteiger partial charge on any atom is 0.262 e. The predicted molar refractivity (Wildman–Crippen MR) is 127 cm³/mol. The van der Waals surface area contributed by atoms with Crippen molar-refractivity contribution in [3.63, 3.8) is 0 Å². The van der Waals surface area contributed by atoms with Crippen LogP contribution in [0.15, 0.2) is 78.4 Å². The van der Waals surface area contributed by atoms with Crippen LogP contribution in [0, 0.1) is 0 Å². The number of allylic oxidation sites excluding steroid dienone is 3. The fourth-order valence-electron chi connectivity index (χ4n) is 2.99. The molecule has 1 amide bonds. The number of rotatable bonds is 9. The van der Waals surface area contributed by atoms with Crippen molar-refractivity contribution in [1.29, 1.82) is 0 Å². The molecule has 1 aliphatic heterocycles. The van der Waals surface area contributed by atoms with Crippen LogP contribution in [0.25, 0.3) is 0 Å². The van der Waals surface area contributed by atoms with E-state index in [0.29, 0.717) is 17.9 Å². The summed E-state index contributed by atoms with van der Waals surface area (Å²) in [5.41, 5.74) is 3.46. The molecule has 2 heterocycles. The van der Waals surface area contributed by atoms with Gasteiger partial charge < -0.3 is 9.08 Å². The van der Waals surface area contributed by atoms with Gasteiger partial charge in [0.05, 0.1) is 22.0 Å². The van der Waals surface area contributed by atoms with Gasteiger partial charge in [0.1, 0.15) is 12.2 Å². The number of para-hydroxylation sites is 1. The molecule has 1 aromatic heterocycles. The third-order valence-corrected chi connectivity index (χ3v) is 5.96. The van der Waals surface area contributed by atoms with Crippen LogP contribution in [0.2, 0.25) is 0 Å². The quantitative estimate of drug-likeness (QED) is 0.232. The van der Waals surface area contributed by atoms with E-state index >= 15 is 0 Å². The number of hydrogen-bond acceptors (Lipinski definition) is 6. The molecule has 0 bridgehead atoms. The molecule has 5 nitrogen and oxygen atoms in total. The summed E-state index contributed by atoms with van der Waals surface area (Å²) in [5, 5.41) is 0.936. The predicted octanol–water partition coefficient (Wildman–Crippen LogP) is 5.18. The van der Waals surface area contributed by atoms with Crippen LogP contribution in [0.1, 0.15) is 16.1 Å². The van der Waals surface area contributed by atoms with Gasteiger partial charge in [-0.15, -0.1) is 11.8 Å². The van der Waals surface area contributed by atoms with Crippen LogP contribution in [0.4, 0.5) is 5.69 Å². The second-order valence-corrected chi connectivity index (χ2v) is 8.80. The van der Waals surface area contributed by atoms with Crippen molar-refractivity contribution in [2.75, 3.05) is 31.3 Å². The van der Waals surface area contributed by atoms with Gasteiger partial charge in [-0.1, -0.05) is 43.5 Å². The SMILES string of the molecule is C=C/C=C(\C=C)CSc1ccc2c(n1)CCN2C(=O)c1ccccc1OSN(C)C. The Bertz CT molecular complexity index is 973. The zero-order chi connectivity index (χ0) is 21.5. The normalized spacial score (nSPS) is 13.3. The molecule has 0 saturated carbocycles. The number of anilines is 1. The number of carbonyl (C=O) groups excluding carboxylic acids is 1. The molecule has 156 valence electrons. The third kappa shape index (κ3) is 5.36. The minimum Gasteiger partial charge on any atom is -0.409 e. The maximum atomic E-state index is 13.2. The lowest BCUT2D eigenvalue weighted by atomic mass is 10.1. The molecule has 2 aromatic rings. The summed E-state index contributed by atoms with van der Waals surface area (Å²) in [4.78, 5) is 19.8. The second kappa shape index (κ2) is 10.5. The number of fused-ring (bicyclic) bond motifs is 1. The van der Waals surface area contributed by atoms with E-state index in [4.69, 9.17) is 9.17 Å². The number of hydrogen-bond donors (Lipinski definition) is 0. The highest BCUT2D eigenvalue weighted by Crippen LogP contribution is 2.33. The highest BCUT2D eigenvalue weighted by Gasteiger charge is 2.28. The minimum atomic E-state index is -0.0752. The van der Waals surface area contributed by atoms with Crippen molar-refractivity contribution >= 4 is 35.6 Å². The number of carbonyl (C=O) groups is 1. The Labute approximate surface area is 186 Å². The first-order chi connectivity index (χ1) is 14.5. The highest BCUT2D eigenvalue weighted by molar-refractivity contribution is 7.99. The molecule has 0 atom stereocenters. The summed E-state index contributed by atoms with van der Waals surface area (Å²) in [6.45, 7) is 8.17. The van der Waals surface area contributed by atoms with Gasteiger partial charge >= 0.3 is 0 Å². The van der Waals surface area contributed by atoms with Crippen LogP contribution in [-0.4, -0.2) is 41.6 Å². The van der Waals surface area contributed by atoms with E-state index in [2.05, 4.69) is 13.2 Å². The fraction of sp³-hybridized carbons (Fsp3) is 0.217. The lowest BCUT2D eigenvalue weighted by Gasteiger charge is -2.19. The van der Waals surface area contributed by atoms with E-state index in [1.807, 2.05) is 60.9 Å². The molecule has 0 fully saturated rings. The summed E-state index contributed by atoms with van der Waals surface area (Å²) < 4.78 is 7.56. The Kier molecular flexibility index (Phi) is 7.79. The Hall–Kier alpha value is -2.48. The Balaban J connectivity index is 1.76. The molecule has 1 aromatic carbocycles. The fourth-order valence-corrected chi connectivity index (χ4v) is 4.24. The monoisotopic (exact) mass is 439 g/mol. The van der Waals surface area contributed by atoms with Gasteiger partial charge in [0, 0.05) is 32.8 Å². The molecule has 3 rings (SSSR count). The Morgan fingerprint density at radius 2 is 2.07 bits per heavy atom. The van der Waals surface area contributed by atoms with Gasteiger partial charge in [-0.3, -0.25) is 4.79 Å². The van der Waals surface area contributed by atoms with Crippen molar-refractivity contribution in [3.8, 4) is 5.75 Å². The van der Waals surface area contributed by atoms with Crippen LogP contribution in [0.5, 0.6) is 5.75 Å². The minimum absolute atomic E-state index is 0.0752. The first-order valence-electron chi connectivity index (χ1n) is 9.53. The van der Waals surface area contributed by atoms with Gasteiger partial charge in [0.15, 0.2) is 5.75 Å². The topological polar surface area (TPSA) is 45.7 Å². The van der Waals surface area contributed by atoms with Crippen LogP contribution < -0.4 is 9.08 Å². The highest BCUT2D eigenvalue weighted by atomic mass is 32.2. The van der Waals surface area contributed by atoms with Crippen LogP contribution in [-0.2, 0) is 6.42 Å². The van der Waals surface area contributed by atoms with Crippen molar-refractivity contribution in [3.05, 3.63) is 84.6 Å². The zero-order valence-corrected chi connectivity index (χ0v) is 18.8. The number of amides is 1. The standard InChI is InChI=1S/C23H25N3O2S2/c1-5-9-17(6-2)16-29-22-13-12-20-19(24-22)14-15-26(20)23(27)18-10-7-8-11-21(18)28-30-25(3)4/h5-13H,1-2,14-16H2,3-4H3/b17-9+. The first kappa shape index (κ1) is 22.2. The molecular formula is C23H25N3O2S2. The molecule has 0 unspecified atom stereocenters. The largest absolute Gasteiger partial charge is 0.409 e.